The highest BCUT2D eigenvalue weighted by molar-refractivity contribution is 5.94. The quantitative estimate of drug-likeness (QED) is 0.742. The van der Waals surface area contributed by atoms with Gasteiger partial charge in [0, 0.05) is 5.56 Å². The Labute approximate surface area is 122 Å². The van der Waals surface area contributed by atoms with Gasteiger partial charge in [0.05, 0.1) is 0 Å². The van der Waals surface area contributed by atoms with Gasteiger partial charge in [0.25, 0.3) is 0 Å². The van der Waals surface area contributed by atoms with Gasteiger partial charge >= 0.3 is 0 Å². The van der Waals surface area contributed by atoms with E-state index in [4.69, 9.17) is 4.74 Å². The molecule has 0 N–H and O–H groups in total. The first-order chi connectivity index (χ1) is 9.47. The normalized spacial score (nSPS) is 26.6. The maximum atomic E-state index is 11.5. The third kappa shape index (κ3) is 3.62. The molecule has 1 aliphatic carbocycles. The summed E-state index contributed by atoms with van der Waals surface area (Å²) >= 11 is 0. The first kappa shape index (κ1) is 15.1. The van der Waals surface area contributed by atoms with Crippen LogP contribution in [0, 0.1) is 17.8 Å². The largest absolute Gasteiger partial charge is 0.490 e. The zero-order valence-corrected chi connectivity index (χ0v) is 13.1. The predicted octanol–water partition coefficient (Wildman–Crippen LogP) is 4.73. The zero-order valence-electron chi connectivity index (χ0n) is 13.1. The van der Waals surface area contributed by atoms with E-state index in [1.165, 1.54) is 12.8 Å². The van der Waals surface area contributed by atoms with Gasteiger partial charge in [-0.3, -0.25) is 4.79 Å². The Balaban J connectivity index is 2.13. The Kier molecular flexibility index (Phi) is 4.85. The van der Waals surface area contributed by atoms with Crippen molar-refractivity contribution in [3.63, 3.8) is 0 Å². The molecule has 0 heterocycles. The highest BCUT2D eigenvalue weighted by atomic mass is 16.5. The fourth-order valence-corrected chi connectivity index (χ4v) is 3.21. The van der Waals surface area contributed by atoms with Crippen molar-refractivity contribution in [2.24, 2.45) is 17.8 Å². The Morgan fingerprint density at radius 1 is 1.30 bits per heavy atom. The van der Waals surface area contributed by atoms with E-state index in [9.17, 15) is 4.79 Å². The summed E-state index contributed by atoms with van der Waals surface area (Å²) in [5.41, 5.74) is 0.729. The van der Waals surface area contributed by atoms with Gasteiger partial charge in [0.1, 0.15) is 11.9 Å². The van der Waals surface area contributed by atoms with E-state index in [-0.39, 0.29) is 11.9 Å². The van der Waals surface area contributed by atoms with Gasteiger partial charge in [-0.25, -0.2) is 0 Å². The Morgan fingerprint density at radius 2 is 2.05 bits per heavy atom. The lowest BCUT2D eigenvalue weighted by molar-refractivity contribution is 0.0459. The second-order valence-corrected chi connectivity index (χ2v) is 6.57. The molecular formula is C18H26O2. The van der Waals surface area contributed by atoms with Crippen LogP contribution in [0.1, 0.15) is 57.3 Å². The zero-order chi connectivity index (χ0) is 14.7. The molecule has 2 nitrogen and oxygen atoms in total. The van der Waals surface area contributed by atoms with Crippen molar-refractivity contribution >= 4 is 5.78 Å². The molecule has 3 unspecified atom stereocenters. The number of ketones is 1. The van der Waals surface area contributed by atoms with E-state index in [2.05, 4.69) is 20.8 Å². The van der Waals surface area contributed by atoms with Crippen molar-refractivity contribution in [1.29, 1.82) is 0 Å². The van der Waals surface area contributed by atoms with Gasteiger partial charge in [-0.15, -0.1) is 0 Å². The molecule has 110 valence electrons. The first-order valence-electron chi connectivity index (χ1n) is 7.75. The van der Waals surface area contributed by atoms with Gasteiger partial charge in [-0.1, -0.05) is 39.3 Å². The minimum Gasteiger partial charge on any atom is -0.490 e. The molecule has 0 saturated heterocycles. The molecule has 2 rings (SSSR count). The Bertz CT molecular complexity index is 464. The molecule has 0 aromatic heterocycles. The summed E-state index contributed by atoms with van der Waals surface area (Å²) in [5, 5.41) is 0. The fourth-order valence-electron chi connectivity index (χ4n) is 3.21. The third-order valence-corrected chi connectivity index (χ3v) is 4.49. The second kappa shape index (κ2) is 6.43. The van der Waals surface area contributed by atoms with Crippen LogP contribution in [0.15, 0.2) is 24.3 Å². The number of hydrogen-bond acceptors (Lipinski definition) is 2. The molecule has 1 aromatic carbocycles. The molecule has 20 heavy (non-hydrogen) atoms. The molecule has 1 aromatic rings. The van der Waals surface area contributed by atoms with E-state index in [0.29, 0.717) is 11.8 Å². The van der Waals surface area contributed by atoms with Crippen molar-refractivity contribution in [3.8, 4) is 5.75 Å². The van der Waals surface area contributed by atoms with Crippen LogP contribution in [0.5, 0.6) is 5.75 Å². The van der Waals surface area contributed by atoms with Crippen LogP contribution >= 0.6 is 0 Å². The second-order valence-electron chi connectivity index (χ2n) is 6.57. The van der Waals surface area contributed by atoms with E-state index in [1.54, 1.807) is 6.92 Å². The van der Waals surface area contributed by atoms with Gasteiger partial charge in [0.2, 0.25) is 0 Å². The van der Waals surface area contributed by atoms with Gasteiger partial charge < -0.3 is 4.74 Å². The fraction of sp³-hybridized carbons (Fsp3) is 0.611. The molecule has 1 fully saturated rings. The van der Waals surface area contributed by atoms with Crippen molar-refractivity contribution in [2.75, 3.05) is 0 Å². The van der Waals surface area contributed by atoms with Gasteiger partial charge in [-0.2, -0.15) is 0 Å². The van der Waals surface area contributed by atoms with Crippen LogP contribution in [-0.2, 0) is 0 Å². The molecule has 1 saturated carbocycles. The Hall–Kier alpha value is -1.31. The first-order valence-corrected chi connectivity index (χ1v) is 7.75. The van der Waals surface area contributed by atoms with E-state index < -0.39 is 0 Å². The smallest absolute Gasteiger partial charge is 0.159 e. The molecule has 3 atom stereocenters. The number of hydrogen-bond donors (Lipinski definition) is 0. The lowest BCUT2D eigenvalue weighted by atomic mass is 9.75. The van der Waals surface area contributed by atoms with Crippen LogP contribution in [0.25, 0.3) is 0 Å². The molecule has 0 amide bonds. The topological polar surface area (TPSA) is 26.3 Å². The highest BCUT2D eigenvalue weighted by Crippen LogP contribution is 2.36. The van der Waals surface area contributed by atoms with Crippen LogP contribution in [0.3, 0.4) is 0 Å². The molecule has 0 radical (unpaired) electrons. The number of benzene rings is 1. The molecule has 0 aliphatic heterocycles. The predicted molar refractivity (Wildman–Crippen MR) is 82.2 cm³/mol. The average Bonchev–Trinajstić information content (AvgIpc) is 2.38. The number of carbonyl (C=O) groups excluding carboxylic acids is 1. The molecule has 1 aliphatic rings. The van der Waals surface area contributed by atoms with Crippen LogP contribution in [0.2, 0.25) is 0 Å². The van der Waals surface area contributed by atoms with E-state index >= 15 is 0 Å². The number of ether oxygens (including phenoxy) is 1. The summed E-state index contributed by atoms with van der Waals surface area (Å²) in [7, 11) is 0. The maximum Gasteiger partial charge on any atom is 0.159 e. The monoisotopic (exact) mass is 274 g/mol. The summed E-state index contributed by atoms with van der Waals surface area (Å²) in [5.74, 6) is 2.91. The molecule has 0 bridgehead atoms. The molecule has 0 spiro atoms. The minimum atomic E-state index is 0.0906. The summed E-state index contributed by atoms with van der Waals surface area (Å²) in [6, 6.07) is 7.59. The minimum absolute atomic E-state index is 0.0906. The highest BCUT2D eigenvalue weighted by Gasteiger charge is 2.32. The molecular weight excluding hydrogens is 248 g/mol. The SMILES string of the molecule is CC(=O)c1cccc(OC2CC(C)CCC2C(C)C)c1. The number of carbonyl (C=O) groups is 1. The number of Topliss-reactive ketones (excluding diaryl/α,β-unsaturated/α-hetero) is 1. The molecule has 2 heteroatoms. The Morgan fingerprint density at radius 3 is 2.70 bits per heavy atom. The summed E-state index contributed by atoms with van der Waals surface area (Å²) in [4.78, 5) is 11.5. The van der Waals surface area contributed by atoms with Crippen LogP contribution < -0.4 is 4.74 Å². The van der Waals surface area contributed by atoms with Crippen LogP contribution in [-0.4, -0.2) is 11.9 Å². The third-order valence-electron chi connectivity index (χ3n) is 4.49. The summed E-state index contributed by atoms with van der Waals surface area (Å²) in [6.45, 7) is 8.46. The average molecular weight is 274 g/mol. The number of rotatable bonds is 4. The van der Waals surface area contributed by atoms with Crippen LogP contribution in [0.4, 0.5) is 0 Å². The van der Waals surface area contributed by atoms with E-state index in [0.717, 1.165) is 23.7 Å². The van der Waals surface area contributed by atoms with Gasteiger partial charge in [0.15, 0.2) is 5.78 Å². The lowest BCUT2D eigenvalue weighted by Crippen LogP contribution is -2.36. The maximum absolute atomic E-state index is 11.5. The van der Waals surface area contributed by atoms with Crippen molar-refractivity contribution in [3.05, 3.63) is 29.8 Å². The summed E-state index contributed by atoms with van der Waals surface area (Å²) in [6.07, 6.45) is 3.94. The summed E-state index contributed by atoms with van der Waals surface area (Å²) < 4.78 is 6.24. The standard InChI is InChI=1S/C18H26O2/c1-12(2)17-9-8-13(3)10-18(17)20-16-7-5-6-15(11-16)14(4)19/h5-7,11-13,17-18H,8-10H2,1-4H3. The van der Waals surface area contributed by atoms with E-state index in [1.807, 2.05) is 24.3 Å². The van der Waals surface area contributed by atoms with Gasteiger partial charge in [-0.05, 0) is 49.7 Å². The van der Waals surface area contributed by atoms with Crippen molar-refractivity contribution in [2.45, 2.75) is 53.1 Å². The van der Waals surface area contributed by atoms with Crippen molar-refractivity contribution < 1.29 is 9.53 Å². The lowest BCUT2D eigenvalue weighted by Gasteiger charge is -2.37. The van der Waals surface area contributed by atoms with Crippen molar-refractivity contribution in [1.82, 2.24) is 0 Å².